The highest BCUT2D eigenvalue weighted by Crippen LogP contribution is 2.14. The van der Waals surface area contributed by atoms with Gasteiger partial charge in [-0.05, 0) is 12.8 Å². The summed E-state index contributed by atoms with van der Waals surface area (Å²) < 4.78 is 0. The molecule has 0 aromatic carbocycles. The van der Waals surface area contributed by atoms with E-state index in [4.69, 9.17) is 0 Å². The molecule has 0 aliphatic rings. The zero-order chi connectivity index (χ0) is 25.1. The van der Waals surface area contributed by atoms with Crippen molar-refractivity contribution >= 4 is 24.3 Å². The van der Waals surface area contributed by atoms with Gasteiger partial charge in [0.2, 0.25) is 5.91 Å². The van der Waals surface area contributed by atoms with Gasteiger partial charge in [0.15, 0.2) is 5.78 Å². The van der Waals surface area contributed by atoms with E-state index < -0.39 is 6.04 Å². The van der Waals surface area contributed by atoms with Crippen LogP contribution in [0.2, 0.25) is 0 Å². The van der Waals surface area contributed by atoms with Gasteiger partial charge in [0.1, 0.15) is 0 Å². The Morgan fingerprint density at radius 1 is 0.529 bits per heavy atom. The average Bonchev–Trinajstić information content (AvgIpc) is 2.84. The number of amides is 1. The highest BCUT2D eigenvalue weighted by atomic mass is 32.1. The first-order chi connectivity index (χ1) is 16.7. The maximum atomic E-state index is 12.5. The third-order valence-corrected chi connectivity index (χ3v) is 7.31. The van der Waals surface area contributed by atoms with Gasteiger partial charge in [-0.1, -0.05) is 142 Å². The van der Waals surface area contributed by atoms with Gasteiger partial charge in [-0.3, -0.25) is 9.59 Å². The largest absolute Gasteiger partial charge is 0.345 e. The number of Topliss-reactive ketones (excluding diaryl/α,β-unsaturated/α-hetero) is 1. The van der Waals surface area contributed by atoms with Crippen LogP contribution in [0.5, 0.6) is 0 Å². The van der Waals surface area contributed by atoms with Crippen LogP contribution in [-0.2, 0) is 9.59 Å². The minimum absolute atomic E-state index is 0.0160. The number of carbonyl (C=O) groups excluding carboxylic acids is 2. The van der Waals surface area contributed by atoms with Crippen molar-refractivity contribution in [3.8, 4) is 0 Å². The lowest BCUT2D eigenvalue weighted by Crippen LogP contribution is -2.42. The van der Waals surface area contributed by atoms with E-state index in [-0.39, 0.29) is 11.7 Å². The smallest absolute Gasteiger partial charge is 0.220 e. The van der Waals surface area contributed by atoms with E-state index in [1.807, 2.05) is 0 Å². The maximum absolute atomic E-state index is 12.5. The van der Waals surface area contributed by atoms with Crippen LogP contribution in [0, 0.1) is 0 Å². The molecule has 0 radical (unpaired) electrons. The van der Waals surface area contributed by atoms with E-state index in [2.05, 4.69) is 31.8 Å². The standard InChI is InChI=1S/C30H59NO2S/c1-3-5-7-9-11-13-15-17-19-21-23-25-29(32)28(27-34)31-30(33)26-24-22-20-18-16-14-12-10-8-6-4-2/h28,34H,3-27H2,1-2H3,(H,31,33). The summed E-state index contributed by atoms with van der Waals surface area (Å²) in [4.78, 5) is 24.7. The molecule has 1 atom stereocenters. The first kappa shape index (κ1) is 33.5. The van der Waals surface area contributed by atoms with Crippen LogP contribution in [0.3, 0.4) is 0 Å². The first-order valence-electron chi connectivity index (χ1n) is 15.1. The van der Waals surface area contributed by atoms with Gasteiger partial charge >= 0.3 is 0 Å². The molecule has 0 bridgehead atoms. The summed E-state index contributed by atoms with van der Waals surface area (Å²) in [5, 5.41) is 2.93. The normalized spacial score (nSPS) is 12.1. The highest BCUT2D eigenvalue weighted by Gasteiger charge is 2.18. The summed E-state index contributed by atoms with van der Waals surface area (Å²) in [6.07, 6.45) is 29.3. The van der Waals surface area contributed by atoms with Crippen molar-refractivity contribution in [1.82, 2.24) is 5.32 Å². The fraction of sp³-hybridized carbons (Fsp3) is 0.933. The summed E-state index contributed by atoms with van der Waals surface area (Å²) in [5.41, 5.74) is 0. The highest BCUT2D eigenvalue weighted by molar-refractivity contribution is 7.80. The first-order valence-corrected chi connectivity index (χ1v) is 15.7. The van der Waals surface area contributed by atoms with Crippen molar-refractivity contribution in [2.45, 2.75) is 174 Å². The topological polar surface area (TPSA) is 46.2 Å². The number of unbranched alkanes of at least 4 members (excludes halogenated alkanes) is 20. The Hall–Kier alpha value is -0.510. The average molecular weight is 498 g/mol. The second-order valence-electron chi connectivity index (χ2n) is 10.3. The van der Waals surface area contributed by atoms with Gasteiger partial charge in [-0.15, -0.1) is 0 Å². The van der Waals surface area contributed by atoms with E-state index >= 15 is 0 Å². The van der Waals surface area contributed by atoms with E-state index in [9.17, 15) is 9.59 Å². The molecule has 34 heavy (non-hydrogen) atoms. The van der Waals surface area contributed by atoms with Crippen molar-refractivity contribution in [3.05, 3.63) is 0 Å². The van der Waals surface area contributed by atoms with Gasteiger partial charge in [0.25, 0.3) is 0 Å². The molecule has 0 heterocycles. The van der Waals surface area contributed by atoms with Gasteiger partial charge in [0.05, 0.1) is 6.04 Å². The summed E-state index contributed by atoms with van der Waals surface area (Å²) in [6, 6.07) is -0.410. The number of hydrogen-bond acceptors (Lipinski definition) is 3. The maximum Gasteiger partial charge on any atom is 0.220 e. The van der Waals surface area contributed by atoms with Crippen LogP contribution in [0.4, 0.5) is 0 Å². The fourth-order valence-electron chi connectivity index (χ4n) is 4.58. The van der Waals surface area contributed by atoms with E-state index in [0.29, 0.717) is 18.6 Å². The molecule has 0 saturated heterocycles. The van der Waals surface area contributed by atoms with Crippen LogP contribution in [-0.4, -0.2) is 23.5 Å². The monoisotopic (exact) mass is 497 g/mol. The van der Waals surface area contributed by atoms with Crippen molar-refractivity contribution in [2.24, 2.45) is 0 Å². The second-order valence-corrected chi connectivity index (χ2v) is 10.7. The number of thiol groups is 1. The Morgan fingerprint density at radius 2 is 0.853 bits per heavy atom. The summed E-state index contributed by atoms with van der Waals surface area (Å²) in [5.74, 6) is 0.571. The molecule has 4 heteroatoms. The van der Waals surface area contributed by atoms with Crippen LogP contribution < -0.4 is 5.32 Å². The number of ketones is 1. The molecule has 0 aliphatic heterocycles. The predicted octanol–water partition coefficient (Wildman–Crippen LogP) is 9.37. The minimum atomic E-state index is -0.410. The molecule has 1 unspecified atom stereocenters. The van der Waals surface area contributed by atoms with Gasteiger partial charge < -0.3 is 5.32 Å². The number of nitrogens with one attached hydrogen (secondary N) is 1. The van der Waals surface area contributed by atoms with Crippen molar-refractivity contribution in [3.63, 3.8) is 0 Å². The quantitative estimate of drug-likeness (QED) is 0.0876. The Labute approximate surface area is 218 Å². The predicted molar refractivity (Wildman–Crippen MR) is 153 cm³/mol. The lowest BCUT2D eigenvalue weighted by atomic mass is 10.0. The SMILES string of the molecule is CCCCCCCCCCCCCC(=O)NC(CS)C(=O)CCCCCCCCCCCCC. The third-order valence-electron chi connectivity index (χ3n) is 6.94. The molecule has 0 aromatic heterocycles. The Morgan fingerprint density at radius 3 is 1.21 bits per heavy atom. The van der Waals surface area contributed by atoms with E-state index in [0.717, 1.165) is 25.7 Å². The molecule has 1 amide bonds. The van der Waals surface area contributed by atoms with Crippen LogP contribution in [0.15, 0.2) is 0 Å². The fourth-order valence-corrected chi connectivity index (χ4v) is 4.88. The molecular weight excluding hydrogens is 438 g/mol. The Balaban J connectivity index is 3.60. The van der Waals surface area contributed by atoms with E-state index in [1.54, 1.807) is 0 Å². The number of rotatable bonds is 27. The lowest BCUT2D eigenvalue weighted by Gasteiger charge is -2.15. The van der Waals surface area contributed by atoms with Gasteiger partial charge in [-0.2, -0.15) is 12.6 Å². The molecular formula is C30H59NO2S. The van der Waals surface area contributed by atoms with Crippen LogP contribution >= 0.6 is 12.6 Å². The summed E-state index contributed by atoms with van der Waals surface area (Å²) >= 11 is 4.31. The molecule has 3 nitrogen and oxygen atoms in total. The summed E-state index contributed by atoms with van der Waals surface area (Å²) in [7, 11) is 0. The lowest BCUT2D eigenvalue weighted by molar-refractivity contribution is -0.127. The zero-order valence-corrected chi connectivity index (χ0v) is 23.9. The van der Waals surface area contributed by atoms with Crippen molar-refractivity contribution in [2.75, 3.05) is 5.75 Å². The third kappa shape index (κ3) is 23.2. The molecule has 0 saturated carbocycles. The number of carbonyl (C=O) groups is 2. The molecule has 0 aromatic rings. The molecule has 0 spiro atoms. The second kappa shape index (κ2) is 27.1. The Kier molecular flexibility index (Phi) is 26.7. The van der Waals surface area contributed by atoms with Crippen LogP contribution in [0.25, 0.3) is 0 Å². The molecule has 202 valence electrons. The van der Waals surface area contributed by atoms with Crippen molar-refractivity contribution in [1.29, 1.82) is 0 Å². The van der Waals surface area contributed by atoms with Crippen LogP contribution in [0.1, 0.15) is 168 Å². The molecule has 1 N–H and O–H groups in total. The van der Waals surface area contributed by atoms with Gasteiger partial charge in [-0.25, -0.2) is 0 Å². The van der Waals surface area contributed by atoms with Gasteiger partial charge in [0, 0.05) is 18.6 Å². The molecule has 0 aliphatic carbocycles. The molecule has 0 fully saturated rings. The van der Waals surface area contributed by atoms with Crippen molar-refractivity contribution < 1.29 is 9.59 Å². The minimum Gasteiger partial charge on any atom is -0.345 e. The Bertz CT molecular complexity index is 455. The zero-order valence-electron chi connectivity index (χ0n) is 23.0. The molecule has 0 rings (SSSR count). The number of hydrogen-bond donors (Lipinski definition) is 2. The summed E-state index contributed by atoms with van der Waals surface area (Å²) in [6.45, 7) is 4.52. The van der Waals surface area contributed by atoms with E-state index in [1.165, 1.54) is 116 Å².